The molecule has 2 aromatic carbocycles. The van der Waals surface area contributed by atoms with E-state index in [0.29, 0.717) is 37.3 Å². The Morgan fingerprint density at radius 3 is 2.64 bits per heavy atom. The van der Waals surface area contributed by atoms with Crippen molar-refractivity contribution < 1.29 is 17.9 Å². The number of nitrogens with zero attached hydrogens (tertiary/aromatic N) is 1. The second-order valence-electron chi connectivity index (χ2n) is 5.74. The largest absolute Gasteiger partial charge is 0.383 e. The van der Waals surface area contributed by atoms with Crippen LogP contribution in [0, 0.1) is 0 Å². The maximum Gasteiger partial charge on any atom is 0.265 e. The van der Waals surface area contributed by atoms with Crippen molar-refractivity contribution in [2.45, 2.75) is 4.90 Å². The van der Waals surface area contributed by atoms with Crippen molar-refractivity contribution >= 4 is 32.4 Å². The molecule has 3 rings (SSSR count). The summed E-state index contributed by atoms with van der Waals surface area (Å²) in [4.78, 5) is 12.4. The molecule has 0 aliphatic carbocycles. The molecule has 134 valence electrons. The summed E-state index contributed by atoms with van der Waals surface area (Å²) in [5.74, 6) is -0.332. The van der Waals surface area contributed by atoms with Gasteiger partial charge in [-0.1, -0.05) is 24.3 Å². The van der Waals surface area contributed by atoms with Crippen LogP contribution in [0.25, 0.3) is 10.8 Å². The number of anilines is 1. The summed E-state index contributed by atoms with van der Waals surface area (Å²) >= 11 is 0. The molecular weight excluding hydrogens is 342 g/mol. The summed E-state index contributed by atoms with van der Waals surface area (Å²) in [7, 11) is -2.07. The molecule has 1 aliphatic heterocycles. The van der Waals surface area contributed by atoms with Gasteiger partial charge in [0.15, 0.2) is 0 Å². The van der Waals surface area contributed by atoms with E-state index in [0.717, 1.165) is 5.39 Å². The monoisotopic (exact) mass is 363 g/mol. The van der Waals surface area contributed by atoms with E-state index in [4.69, 9.17) is 4.74 Å². The van der Waals surface area contributed by atoms with Gasteiger partial charge in [0.25, 0.3) is 10.0 Å². The zero-order chi connectivity index (χ0) is 17.9. The summed E-state index contributed by atoms with van der Waals surface area (Å²) in [6, 6.07) is 10.6. The Kier molecular flexibility index (Phi) is 5.22. The molecule has 0 saturated heterocycles. The quantitative estimate of drug-likeness (QED) is 0.674. The van der Waals surface area contributed by atoms with Crippen LogP contribution in [0.3, 0.4) is 0 Å². The molecule has 7 nitrogen and oxygen atoms in total. The summed E-state index contributed by atoms with van der Waals surface area (Å²) in [5, 5.41) is 7.38. The van der Waals surface area contributed by atoms with E-state index in [1.165, 1.54) is 4.31 Å². The highest BCUT2D eigenvalue weighted by Gasteiger charge is 2.36. The van der Waals surface area contributed by atoms with E-state index >= 15 is 0 Å². The number of hydrogen-bond donors (Lipinski definition) is 2. The number of ether oxygens (including phenoxy) is 1. The minimum absolute atomic E-state index is 0.228. The second kappa shape index (κ2) is 7.38. The van der Waals surface area contributed by atoms with Gasteiger partial charge < -0.3 is 15.4 Å². The maximum atomic E-state index is 12.8. The first-order valence-corrected chi connectivity index (χ1v) is 9.50. The first-order valence-electron chi connectivity index (χ1n) is 8.06. The molecular formula is C17H21N3O4S. The van der Waals surface area contributed by atoms with Crippen LogP contribution in [0.2, 0.25) is 0 Å². The van der Waals surface area contributed by atoms with Crippen LogP contribution >= 0.6 is 0 Å². The molecule has 2 aromatic rings. The zero-order valence-corrected chi connectivity index (χ0v) is 14.8. The van der Waals surface area contributed by atoms with Crippen LogP contribution in [-0.2, 0) is 19.6 Å². The second-order valence-corrected chi connectivity index (χ2v) is 7.57. The van der Waals surface area contributed by atoms with Crippen LogP contribution in [-0.4, -0.2) is 54.2 Å². The van der Waals surface area contributed by atoms with E-state index < -0.39 is 10.0 Å². The van der Waals surface area contributed by atoms with Crippen molar-refractivity contribution in [3.8, 4) is 0 Å². The average molecular weight is 363 g/mol. The molecule has 0 bridgehead atoms. The summed E-state index contributed by atoms with van der Waals surface area (Å²) in [6.45, 7) is 2.09. The van der Waals surface area contributed by atoms with E-state index in [9.17, 15) is 13.2 Å². The van der Waals surface area contributed by atoms with Crippen LogP contribution in [0.15, 0.2) is 41.3 Å². The fraction of sp³-hybridized carbons (Fsp3) is 0.353. The van der Waals surface area contributed by atoms with Gasteiger partial charge in [-0.05, 0) is 17.5 Å². The molecule has 1 heterocycles. The van der Waals surface area contributed by atoms with Gasteiger partial charge >= 0.3 is 0 Å². The predicted molar refractivity (Wildman–Crippen MR) is 96.2 cm³/mol. The van der Waals surface area contributed by atoms with Crippen molar-refractivity contribution in [3.05, 3.63) is 36.4 Å². The van der Waals surface area contributed by atoms with Gasteiger partial charge in [0, 0.05) is 32.1 Å². The molecule has 1 amide bonds. The number of carbonyl (C=O) groups is 1. The summed E-state index contributed by atoms with van der Waals surface area (Å²) in [6.07, 6.45) is 0. The van der Waals surface area contributed by atoms with Gasteiger partial charge in [0.1, 0.15) is 6.54 Å². The standard InChI is InChI=1S/C17H21N3O4S/c1-24-11-10-18-8-9-19-16(21)12-20-14-6-2-4-13-5-3-7-15(17(13)14)25(20,22)23/h2-7,18H,8-12H2,1H3,(H,19,21). The summed E-state index contributed by atoms with van der Waals surface area (Å²) in [5.41, 5.74) is 0.557. The van der Waals surface area contributed by atoms with E-state index in [1.807, 2.05) is 12.1 Å². The first-order chi connectivity index (χ1) is 12.1. The maximum absolute atomic E-state index is 12.8. The van der Waals surface area contributed by atoms with E-state index in [2.05, 4.69) is 10.6 Å². The zero-order valence-electron chi connectivity index (χ0n) is 14.0. The minimum atomic E-state index is -3.70. The fourth-order valence-electron chi connectivity index (χ4n) is 2.90. The van der Waals surface area contributed by atoms with Gasteiger partial charge in [-0.15, -0.1) is 0 Å². The van der Waals surface area contributed by atoms with Gasteiger partial charge in [-0.25, -0.2) is 8.42 Å². The van der Waals surface area contributed by atoms with Gasteiger partial charge in [-0.3, -0.25) is 9.10 Å². The Bertz CT molecular complexity index is 877. The number of sulfonamides is 1. The topological polar surface area (TPSA) is 87.7 Å². The predicted octanol–water partition coefficient (Wildman–Crippen LogP) is 0.701. The van der Waals surface area contributed by atoms with E-state index in [-0.39, 0.29) is 17.3 Å². The van der Waals surface area contributed by atoms with E-state index in [1.54, 1.807) is 31.4 Å². The highest BCUT2D eigenvalue weighted by atomic mass is 32.2. The average Bonchev–Trinajstić information content (AvgIpc) is 2.82. The smallest absolute Gasteiger partial charge is 0.265 e. The number of amides is 1. The molecule has 0 atom stereocenters. The molecule has 8 heteroatoms. The minimum Gasteiger partial charge on any atom is -0.383 e. The van der Waals surface area contributed by atoms with Crippen LogP contribution in [0.4, 0.5) is 5.69 Å². The number of benzene rings is 2. The SMILES string of the molecule is COCCNCCNC(=O)CN1c2cccc3cccc(c23)S1(=O)=O. The Balaban J connectivity index is 1.68. The summed E-state index contributed by atoms with van der Waals surface area (Å²) < 4.78 is 31.6. The Morgan fingerprint density at radius 1 is 1.12 bits per heavy atom. The van der Waals surface area contributed by atoms with Crippen molar-refractivity contribution in [3.63, 3.8) is 0 Å². The first kappa shape index (κ1) is 17.7. The molecule has 1 aliphatic rings. The van der Waals surface area contributed by atoms with Crippen LogP contribution in [0.5, 0.6) is 0 Å². The van der Waals surface area contributed by atoms with Crippen molar-refractivity contribution in [1.82, 2.24) is 10.6 Å². The lowest BCUT2D eigenvalue weighted by atomic mass is 10.1. The molecule has 2 N–H and O–H groups in total. The van der Waals surface area contributed by atoms with Gasteiger partial charge in [-0.2, -0.15) is 0 Å². The fourth-order valence-corrected chi connectivity index (χ4v) is 4.57. The van der Waals surface area contributed by atoms with Crippen molar-refractivity contribution in [2.75, 3.05) is 44.2 Å². The number of rotatable bonds is 8. The number of hydrogen-bond acceptors (Lipinski definition) is 5. The molecule has 0 aromatic heterocycles. The number of carbonyl (C=O) groups excluding carboxylic acids is 1. The normalized spacial score (nSPS) is 14.8. The molecule has 25 heavy (non-hydrogen) atoms. The molecule has 0 radical (unpaired) electrons. The Labute approximate surface area is 147 Å². The number of nitrogens with one attached hydrogen (secondary N) is 2. The Hall–Kier alpha value is -2.16. The molecule has 0 spiro atoms. The van der Waals surface area contributed by atoms with Crippen molar-refractivity contribution in [2.24, 2.45) is 0 Å². The Morgan fingerprint density at radius 2 is 1.88 bits per heavy atom. The van der Waals surface area contributed by atoms with Gasteiger partial charge in [0.2, 0.25) is 5.91 Å². The lowest BCUT2D eigenvalue weighted by molar-refractivity contribution is -0.119. The third-order valence-electron chi connectivity index (χ3n) is 4.08. The lowest BCUT2D eigenvalue weighted by Gasteiger charge is -2.18. The highest BCUT2D eigenvalue weighted by Crippen LogP contribution is 2.41. The highest BCUT2D eigenvalue weighted by molar-refractivity contribution is 7.93. The van der Waals surface area contributed by atoms with Crippen LogP contribution in [0.1, 0.15) is 0 Å². The molecule has 0 fully saturated rings. The third kappa shape index (κ3) is 3.46. The van der Waals surface area contributed by atoms with Crippen LogP contribution < -0.4 is 14.9 Å². The lowest BCUT2D eigenvalue weighted by Crippen LogP contribution is -2.41. The van der Waals surface area contributed by atoms with Gasteiger partial charge in [0.05, 0.1) is 17.2 Å². The van der Waals surface area contributed by atoms with Crippen molar-refractivity contribution in [1.29, 1.82) is 0 Å². The third-order valence-corrected chi connectivity index (χ3v) is 5.88. The number of methoxy groups -OCH3 is 1. The molecule has 0 saturated carbocycles. The molecule has 0 unspecified atom stereocenters.